The molecule has 0 saturated heterocycles. The van der Waals surface area contributed by atoms with Gasteiger partial charge in [-0.25, -0.2) is 0 Å². The van der Waals surface area contributed by atoms with Crippen LogP contribution in [0.5, 0.6) is 0 Å². The molecule has 0 saturated carbocycles. The van der Waals surface area contributed by atoms with E-state index in [2.05, 4.69) is 30.9 Å². The Bertz CT molecular complexity index is 127. The molecule has 1 aliphatic heterocycles. The molecule has 0 aromatic heterocycles. The zero-order valence-electron chi connectivity index (χ0n) is 6.39. The first-order chi connectivity index (χ1) is 4.20. The lowest BCUT2D eigenvalue weighted by molar-refractivity contribution is 0.591. The molecule has 1 aliphatic rings. The second-order valence-corrected chi connectivity index (χ2v) is 2.96. The van der Waals surface area contributed by atoms with Crippen molar-refractivity contribution in [3.05, 3.63) is 0 Å². The van der Waals surface area contributed by atoms with E-state index in [1.54, 1.807) is 0 Å². The first-order valence-corrected chi connectivity index (χ1v) is 3.41. The molecule has 0 radical (unpaired) electrons. The molecule has 0 spiro atoms. The SMILES string of the molecule is CC1CN=C(N(C)C)C1. The average Bonchev–Trinajstić information content (AvgIpc) is 2.14. The minimum absolute atomic E-state index is 0.766. The van der Waals surface area contributed by atoms with E-state index in [0.29, 0.717) is 0 Å². The lowest BCUT2D eigenvalue weighted by Crippen LogP contribution is -2.20. The standard InChI is InChI=1S/C7H14N2/c1-6-4-7(8-5-6)9(2)3/h6H,4-5H2,1-3H3. The van der Waals surface area contributed by atoms with Crippen molar-refractivity contribution in [2.24, 2.45) is 10.9 Å². The van der Waals surface area contributed by atoms with Crippen molar-refractivity contribution in [1.82, 2.24) is 4.90 Å². The molecule has 9 heavy (non-hydrogen) atoms. The van der Waals surface area contributed by atoms with Gasteiger partial charge in [0.1, 0.15) is 0 Å². The van der Waals surface area contributed by atoms with Crippen molar-refractivity contribution in [1.29, 1.82) is 0 Å². The van der Waals surface area contributed by atoms with Crippen molar-refractivity contribution in [3.63, 3.8) is 0 Å². The van der Waals surface area contributed by atoms with Crippen molar-refractivity contribution in [3.8, 4) is 0 Å². The van der Waals surface area contributed by atoms with Gasteiger partial charge in [-0.05, 0) is 5.92 Å². The Hall–Kier alpha value is -0.530. The zero-order valence-corrected chi connectivity index (χ0v) is 6.39. The molecule has 1 rings (SSSR count). The van der Waals surface area contributed by atoms with E-state index in [0.717, 1.165) is 18.9 Å². The number of hydrogen-bond acceptors (Lipinski definition) is 2. The second-order valence-electron chi connectivity index (χ2n) is 2.96. The van der Waals surface area contributed by atoms with Crippen molar-refractivity contribution >= 4 is 5.84 Å². The van der Waals surface area contributed by atoms with Crippen molar-refractivity contribution in [2.75, 3.05) is 20.6 Å². The average molecular weight is 126 g/mol. The Kier molecular flexibility index (Phi) is 1.74. The van der Waals surface area contributed by atoms with Crippen LogP contribution < -0.4 is 0 Å². The Morgan fingerprint density at radius 3 is 2.44 bits per heavy atom. The summed E-state index contributed by atoms with van der Waals surface area (Å²) in [6, 6.07) is 0. The molecule has 1 heterocycles. The third-order valence-corrected chi connectivity index (χ3v) is 1.63. The molecule has 0 bridgehead atoms. The van der Waals surface area contributed by atoms with Crippen LogP contribution in [0.25, 0.3) is 0 Å². The number of amidine groups is 1. The van der Waals surface area contributed by atoms with Gasteiger partial charge >= 0.3 is 0 Å². The van der Waals surface area contributed by atoms with E-state index in [4.69, 9.17) is 0 Å². The monoisotopic (exact) mass is 126 g/mol. The highest BCUT2D eigenvalue weighted by Gasteiger charge is 2.14. The largest absolute Gasteiger partial charge is 0.366 e. The molecule has 2 heteroatoms. The fourth-order valence-corrected chi connectivity index (χ4v) is 1.03. The van der Waals surface area contributed by atoms with Crippen LogP contribution in [0.3, 0.4) is 0 Å². The molecule has 0 fully saturated rings. The molecule has 0 N–H and O–H groups in total. The van der Waals surface area contributed by atoms with Gasteiger partial charge in [0.2, 0.25) is 0 Å². The minimum Gasteiger partial charge on any atom is -0.366 e. The maximum atomic E-state index is 4.36. The summed E-state index contributed by atoms with van der Waals surface area (Å²) in [5.74, 6) is 2.02. The first-order valence-electron chi connectivity index (χ1n) is 3.41. The number of aliphatic imine (C=N–C) groups is 1. The topological polar surface area (TPSA) is 15.6 Å². The van der Waals surface area contributed by atoms with Crippen LogP contribution in [0.2, 0.25) is 0 Å². The smallest absolute Gasteiger partial charge is 0.0987 e. The van der Waals surface area contributed by atoms with Gasteiger partial charge in [-0.3, -0.25) is 4.99 Å². The molecule has 0 aromatic rings. The van der Waals surface area contributed by atoms with Gasteiger partial charge in [0.25, 0.3) is 0 Å². The number of hydrogen-bond donors (Lipinski definition) is 0. The molecule has 0 amide bonds. The highest BCUT2D eigenvalue weighted by Crippen LogP contribution is 2.12. The van der Waals surface area contributed by atoms with Crippen molar-refractivity contribution in [2.45, 2.75) is 13.3 Å². The van der Waals surface area contributed by atoms with Crippen LogP contribution in [0.1, 0.15) is 13.3 Å². The quantitative estimate of drug-likeness (QED) is 0.472. The van der Waals surface area contributed by atoms with E-state index in [-0.39, 0.29) is 0 Å². The van der Waals surface area contributed by atoms with E-state index in [9.17, 15) is 0 Å². The summed E-state index contributed by atoms with van der Waals surface area (Å²) in [5.41, 5.74) is 0. The van der Waals surface area contributed by atoms with Gasteiger partial charge in [-0.2, -0.15) is 0 Å². The Morgan fingerprint density at radius 1 is 1.56 bits per heavy atom. The van der Waals surface area contributed by atoms with Gasteiger partial charge < -0.3 is 4.90 Å². The van der Waals surface area contributed by atoms with E-state index in [1.807, 2.05) is 0 Å². The lowest BCUT2D eigenvalue weighted by atomic mass is 10.1. The highest BCUT2D eigenvalue weighted by atomic mass is 15.1. The van der Waals surface area contributed by atoms with Crippen LogP contribution in [0.4, 0.5) is 0 Å². The van der Waals surface area contributed by atoms with Crippen LogP contribution >= 0.6 is 0 Å². The molecule has 0 aromatic carbocycles. The predicted molar refractivity (Wildman–Crippen MR) is 39.8 cm³/mol. The summed E-state index contributed by atoms with van der Waals surface area (Å²) >= 11 is 0. The number of rotatable bonds is 0. The van der Waals surface area contributed by atoms with Gasteiger partial charge in [-0.15, -0.1) is 0 Å². The predicted octanol–water partition coefficient (Wildman–Crippen LogP) is 0.986. The van der Waals surface area contributed by atoms with Gasteiger partial charge in [-0.1, -0.05) is 6.92 Å². The molecule has 1 atom stereocenters. The van der Waals surface area contributed by atoms with Gasteiger partial charge in [0.15, 0.2) is 0 Å². The summed E-state index contributed by atoms with van der Waals surface area (Å²) in [5, 5.41) is 0. The summed E-state index contributed by atoms with van der Waals surface area (Å²) in [7, 11) is 4.10. The van der Waals surface area contributed by atoms with E-state index in [1.165, 1.54) is 5.84 Å². The lowest BCUT2D eigenvalue weighted by Gasteiger charge is -2.11. The third-order valence-electron chi connectivity index (χ3n) is 1.63. The molecule has 52 valence electrons. The van der Waals surface area contributed by atoms with Crippen LogP contribution in [0.15, 0.2) is 4.99 Å². The van der Waals surface area contributed by atoms with Crippen LogP contribution in [0, 0.1) is 5.92 Å². The van der Waals surface area contributed by atoms with Crippen LogP contribution in [-0.2, 0) is 0 Å². The molecular formula is C7H14N2. The Balaban J connectivity index is 2.45. The molecule has 2 nitrogen and oxygen atoms in total. The Morgan fingerprint density at radius 2 is 2.22 bits per heavy atom. The highest BCUT2D eigenvalue weighted by molar-refractivity contribution is 5.83. The van der Waals surface area contributed by atoms with E-state index < -0.39 is 0 Å². The molecule has 0 aliphatic carbocycles. The summed E-state index contributed by atoms with van der Waals surface area (Å²) in [6.07, 6.45) is 1.16. The minimum atomic E-state index is 0.766. The fraction of sp³-hybridized carbons (Fsp3) is 0.857. The number of nitrogens with zero attached hydrogens (tertiary/aromatic N) is 2. The maximum absolute atomic E-state index is 4.36. The zero-order chi connectivity index (χ0) is 6.85. The Labute approximate surface area is 56.6 Å². The molecule has 1 unspecified atom stereocenters. The normalized spacial score (nSPS) is 26.1. The van der Waals surface area contributed by atoms with E-state index >= 15 is 0 Å². The first kappa shape index (κ1) is 6.59. The van der Waals surface area contributed by atoms with Gasteiger partial charge in [0.05, 0.1) is 5.84 Å². The van der Waals surface area contributed by atoms with Crippen LogP contribution in [-0.4, -0.2) is 31.4 Å². The maximum Gasteiger partial charge on any atom is 0.0987 e. The van der Waals surface area contributed by atoms with Gasteiger partial charge in [0, 0.05) is 27.1 Å². The van der Waals surface area contributed by atoms with Crippen molar-refractivity contribution < 1.29 is 0 Å². The third kappa shape index (κ3) is 1.44. The summed E-state index contributed by atoms with van der Waals surface area (Å²) in [6.45, 7) is 3.26. The fourth-order valence-electron chi connectivity index (χ4n) is 1.03. The molecular weight excluding hydrogens is 112 g/mol. The summed E-state index contributed by atoms with van der Waals surface area (Å²) in [4.78, 5) is 6.46. The second kappa shape index (κ2) is 2.38. The summed E-state index contributed by atoms with van der Waals surface area (Å²) < 4.78 is 0.